The molecule has 0 aromatic carbocycles. The molecule has 60 valence electrons. The molecule has 0 amide bonds. The van der Waals surface area contributed by atoms with Gasteiger partial charge in [0.1, 0.15) is 0 Å². The fraction of sp³-hybridized carbons (Fsp3) is 0.833. The normalized spacial score (nSPS) is 13.8. The monoisotopic (exact) mass is 146 g/mol. The average molecular weight is 146 g/mol. The molecule has 4 nitrogen and oxygen atoms in total. The lowest BCUT2D eigenvalue weighted by Crippen LogP contribution is -2.44. The first-order chi connectivity index (χ1) is 4.58. The first kappa shape index (κ1) is 9.39. The Labute approximate surface area is 60.5 Å². The number of nitrogens with zero attached hydrogens (tertiary/aromatic N) is 1. The number of oxime groups is 1. The Hall–Kier alpha value is -0.610. The number of hydrogen-bond donors (Lipinski definition) is 3. The van der Waals surface area contributed by atoms with Gasteiger partial charge in [0.2, 0.25) is 0 Å². The third-order valence-corrected chi connectivity index (χ3v) is 1.46. The van der Waals surface area contributed by atoms with Gasteiger partial charge in [-0.05, 0) is 20.3 Å². The summed E-state index contributed by atoms with van der Waals surface area (Å²) in [5.41, 5.74) is 1.94. The first-order valence-electron chi connectivity index (χ1n) is 3.21. The van der Waals surface area contributed by atoms with Gasteiger partial charge in [-0.25, -0.2) is 0 Å². The number of hydrogen-bond acceptors (Lipinski definition) is 4. The third kappa shape index (κ3) is 1.97. The quantitative estimate of drug-likeness (QED) is 0.316. The van der Waals surface area contributed by atoms with E-state index < -0.39 is 5.54 Å². The van der Waals surface area contributed by atoms with Crippen molar-refractivity contribution in [1.29, 1.82) is 0 Å². The van der Waals surface area contributed by atoms with Gasteiger partial charge in [-0.2, -0.15) is 5.48 Å². The molecule has 0 heterocycles. The smallest absolute Gasteiger partial charge is 0.0786 e. The highest BCUT2D eigenvalue weighted by Crippen LogP contribution is 2.06. The molecule has 0 atom stereocenters. The van der Waals surface area contributed by atoms with Crippen molar-refractivity contribution < 1.29 is 10.4 Å². The van der Waals surface area contributed by atoms with Crippen LogP contribution in [-0.2, 0) is 0 Å². The van der Waals surface area contributed by atoms with E-state index in [0.29, 0.717) is 12.1 Å². The maximum absolute atomic E-state index is 8.58. The Balaban J connectivity index is 4.28. The zero-order valence-corrected chi connectivity index (χ0v) is 6.55. The summed E-state index contributed by atoms with van der Waals surface area (Å²) >= 11 is 0. The minimum atomic E-state index is -0.635. The SMILES string of the molecule is CCC(=NO)C(C)(C)NO. The van der Waals surface area contributed by atoms with Crippen molar-refractivity contribution in [3.05, 3.63) is 0 Å². The lowest BCUT2D eigenvalue weighted by atomic mass is 9.98. The summed E-state index contributed by atoms with van der Waals surface area (Å²) < 4.78 is 0. The van der Waals surface area contributed by atoms with E-state index in [4.69, 9.17) is 10.4 Å². The molecule has 0 rings (SSSR count). The molecule has 0 fully saturated rings. The topological polar surface area (TPSA) is 64.9 Å². The van der Waals surface area contributed by atoms with E-state index in [-0.39, 0.29) is 0 Å². The standard InChI is InChI=1S/C6H14N2O2/c1-4-5(7-9)6(2,3)8-10/h8-10H,4H2,1-3H3. The van der Waals surface area contributed by atoms with Crippen molar-refractivity contribution in [2.45, 2.75) is 32.7 Å². The Kier molecular flexibility index (Phi) is 3.32. The summed E-state index contributed by atoms with van der Waals surface area (Å²) in [6, 6.07) is 0. The van der Waals surface area contributed by atoms with Crippen LogP contribution < -0.4 is 5.48 Å². The van der Waals surface area contributed by atoms with Crippen LogP contribution in [0.3, 0.4) is 0 Å². The summed E-state index contributed by atoms with van der Waals surface area (Å²) in [5.74, 6) is 0. The van der Waals surface area contributed by atoms with Crippen LogP contribution in [0.1, 0.15) is 27.2 Å². The molecule has 0 bridgehead atoms. The predicted molar refractivity (Wildman–Crippen MR) is 38.5 cm³/mol. The molecule has 0 aliphatic carbocycles. The highest BCUT2D eigenvalue weighted by atomic mass is 16.5. The van der Waals surface area contributed by atoms with Crippen molar-refractivity contribution in [2.24, 2.45) is 5.16 Å². The van der Waals surface area contributed by atoms with Crippen LogP contribution in [0.25, 0.3) is 0 Å². The second-order valence-electron chi connectivity index (χ2n) is 2.64. The van der Waals surface area contributed by atoms with Gasteiger partial charge >= 0.3 is 0 Å². The van der Waals surface area contributed by atoms with Crippen LogP contribution >= 0.6 is 0 Å². The third-order valence-electron chi connectivity index (χ3n) is 1.46. The van der Waals surface area contributed by atoms with E-state index in [1.54, 1.807) is 13.8 Å². The lowest BCUT2D eigenvalue weighted by Gasteiger charge is -2.22. The van der Waals surface area contributed by atoms with Gasteiger partial charge in [-0.3, -0.25) is 0 Å². The molecule has 0 saturated carbocycles. The molecule has 0 aromatic rings. The van der Waals surface area contributed by atoms with Gasteiger partial charge < -0.3 is 10.4 Å². The molecule has 0 unspecified atom stereocenters. The summed E-state index contributed by atoms with van der Waals surface area (Å²) in [7, 11) is 0. The Morgan fingerprint density at radius 1 is 1.60 bits per heavy atom. The maximum atomic E-state index is 8.58. The predicted octanol–water partition coefficient (Wildman–Crippen LogP) is 0.984. The van der Waals surface area contributed by atoms with Crippen LogP contribution in [0.5, 0.6) is 0 Å². The number of nitrogens with one attached hydrogen (secondary N) is 1. The maximum Gasteiger partial charge on any atom is 0.0786 e. The second-order valence-corrected chi connectivity index (χ2v) is 2.64. The van der Waals surface area contributed by atoms with Crippen LogP contribution in [-0.4, -0.2) is 21.7 Å². The molecule has 3 N–H and O–H groups in total. The molecule has 10 heavy (non-hydrogen) atoms. The Bertz CT molecular complexity index is 132. The summed E-state index contributed by atoms with van der Waals surface area (Å²) in [6.07, 6.45) is 0.608. The van der Waals surface area contributed by atoms with Gasteiger partial charge in [0, 0.05) is 0 Å². The van der Waals surface area contributed by atoms with E-state index in [9.17, 15) is 0 Å². The molecule has 0 aliphatic heterocycles. The van der Waals surface area contributed by atoms with E-state index in [1.165, 1.54) is 0 Å². The van der Waals surface area contributed by atoms with Gasteiger partial charge in [0.05, 0.1) is 11.3 Å². The molecule has 0 aliphatic rings. The zero-order chi connectivity index (χ0) is 8.20. The summed E-state index contributed by atoms with van der Waals surface area (Å²) in [6.45, 7) is 5.31. The molecule has 0 aromatic heterocycles. The highest BCUT2D eigenvalue weighted by Gasteiger charge is 2.22. The van der Waals surface area contributed by atoms with Crippen molar-refractivity contribution in [3.63, 3.8) is 0 Å². The average Bonchev–Trinajstić information content (AvgIpc) is 1.90. The molecular formula is C6H14N2O2. The fourth-order valence-electron chi connectivity index (χ4n) is 0.702. The number of hydroxylamine groups is 1. The molecular weight excluding hydrogens is 132 g/mol. The van der Waals surface area contributed by atoms with Gasteiger partial charge in [-0.15, -0.1) is 0 Å². The van der Waals surface area contributed by atoms with E-state index >= 15 is 0 Å². The minimum absolute atomic E-state index is 0.523. The zero-order valence-electron chi connectivity index (χ0n) is 6.55. The fourth-order valence-corrected chi connectivity index (χ4v) is 0.702. The Morgan fingerprint density at radius 2 is 2.10 bits per heavy atom. The van der Waals surface area contributed by atoms with Crippen LogP contribution in [0.15, 0.2) is 5.16 Å². The second kappa shape index (κ2) is 3.53. The van der Waals surface area contributed by atoms with Crippen molar-refractivity contribution in [2.75, 3.05) is 0 Å². The molecule has 4 heteroatoms. The van der Waals surface area contributed by atoms with Gasteiger partial charge in [0.15, 0.2) is 0 Å². The molecule has 0 spiro atoms. The van der Waals surface area contributed by atoms with Crippen LogP contribution in [0.4, 0.5) is 0 Å². The van der Waals surface area contributed by atoms with Gasteiger partial charge in [0.25, 0.3) is 0 Å². The van der Waals surface area contributed by atoms with Crippen LogP contribution in [0.2, 0.25) is 0 Å². The van der Waals surface area contributed by atoms with Gasteiger partial charge in [-0.1, -0.05) is 12.1 Å². The lowest BCUT2D eigenvalue weighted by molar-refractivity contribution is 0.112. The van der Waals surface area contributed by atoms with E-state index in [1.807, 2.05) is 6.92 Å². The highest BCUT2D eigenvalue weighted by molar-refractivity contribution is 5.91. The van der Waals surface area contributed by atoms with E-state index in [0.717, 1.165) is 0 Å². The Morgan fingerprint density at radius 3 is 2.20 bits per heavy atom. The van der Waals surface area contributed by atoms with Crippen molar-refractivity contribution in [1.82, 2.24) is 5.48 Å². The van der Waals surface area contributed by atoms with Crippen molar-refractivity contribution >= 4 is 5.71 Å². The summed E-state index contributed by atoms with van der Waals surface area (Å²) in [5, 5.41) is 20.1. The molecule has 0 saturated heterocycles. The number of rotatable bonds is 3. The largest absolute Gasteiger partial charge is 0.411 e. The van der Waals surface area contributed by atoms with Crippen molar-refractivity contribution in [3.8, 4) is 0 Å². The molecule has 0 radical (unpaired) electrons. The summed E-state index contributed by atoms with van der Waals surface area (Å²) in [4.78, 5) is 0. The van der Waals surface area contributed by atoms with Crippen LogP contribution in [0, 0.1) is 0 Å². The minimum Gasteiger partial charge on any atom is -0.411 e. The first-order valence-corrected chi connectivity index (χ1v) is 3.21. The van der Waals surface area contributed by atoms with E-state index in [2.05, 4.69) is 10.6 Å².